The van der Waals surface area contributed by atoms with Gasteiger partial charge in [-0.1, -0.05) is 24.3 Å². The first-order valence-corrected chi connectivity index (χ1v) is 10.7. The molecule has 0 aliphatic carbocycles. The summed E-state index contributed by atoms with van der Waals surface area (Å²) in [5, 5.41) is 20.9. The van der Waals surface area contributed by atoms with Crippen LogP contribution in [0.4, 0.5) is 0 Å². The average molecular weight is 418 g/mol. The van der Waals surface area contributed by atoms with Crippen molar-refractivity contribution in [2.24, 2.45) is 0 Å². The Morgan fingerprint density at radius 2 is 1.80 bits per heavy atom. The largest absolute Gasteiger partial charge is 0.509 e. The summed E-state index contributed by atoms with van der Waals surface area (Å²) < 4.78 is 0. The third-order valence-electron chi connectivity index (χ3n) is 5.04. The number of nitriles is 1. The van der Waals surface area contributed by atoms with Gasteiger partial charge in [-0.2, -0.15) is 17.0 Å². The van der Waals surface area contributed by atoms with Gasteiger partial charge in [0.1, 0.15) is 17.4 Å². The number of fused-ring (bicyclic) bond motifs is 2. The summed E-state index contributed by atoms with van der Waals surface area (Å²) in [6.07, 6.45) is 2.20. The van der Waals surface area contributed by atoms with E-state index in [2.05, 4.69) is 9.97 Å². The molecular formula is C22H18N4O3S. The number of rotatable bonds is 6. The number of aromatic amines is 1. The molecule has 0 radical (unpaired) electrons. The van der Waals surface area contributed by atoms with E-state index in [-0.39, 0.29) is 17.2 Å². The fraction of sp³-hybridized carbons (Fsp3) is 0.182. The molecule has 150 valence electrons. The Morgan fingerprint density at radius 3 is 2.40 bits per heavy atom. The van der Waals surface area contributed by atoms with Gasteiger partial charge < -0.3 is 10.1 Å². The zero-order chi connectivity index (χ0) is 21.3. The summed E-state index contributed by atoms with van der Waals surface area (Å²) >= 11 is 1.52. The number of imide groups is 1. The Kier molecular flexibility index (Phi) is 5.29. The number of nitrogens with zero attached hydrogens (tertiary/aromatic N) is 3. The van der Waals surface area contributed by atoms with Crippen LogP contribution >= 0.6 is 11.8 Å². The molecule has 1 aliphatic heterocycles. The molecule has 1 unspecified atom stereocenters. The maximum Gasteiger partial charge on any atom is 0.262 e. The van der Waals surface area contributed by atoms with Crippen molar-refractivity contribution in [1.29, 1.82) is 5.26 Å². The summed E-state index contributed by atoms with van der Waals surface area (Å²) in [6, 6.07) is 14.8. The first kappa shape index (κ1) is 19.7. The molecule has 4 rings (SSSR count). The first-order chi connectivity index (χ1) is 14.6. The highest BCUT2D eigenvalue weighted by Gasteiger charge is 2.42. The second-order valence-corrected chi connectivity index (χ2v) is 7.78. The SMILES string of the molecule is CSCCC(/C(O)=C(/C#N)c1nc2ccccc2[nH]1)N1C(=O)c2ccccc2C1=O. The Bertz CT molecular complexity index is 1160. The minimum atomic E-state index is -0.965. The van der Waals surface area contributed by atoms with Gasteiger partial charge >= 0.3 is 0 Å². The number of aromatic nitrogens is 2. The van der Waals surface area contributed by atoms with Crippen LogP contribution in [0.2, 0.25) is 0 Å². The summed E-state index contributed by atoms with van der Waals surface area (Å²) in [5.74, 6) is -0.520. The van der Waals surface area contributed by atoms with Gasteiger partial charge in [-0.05, 0) is 42.7 Å². The van der Waals surface area contributed by atoms with E-state index in [1.807, 2.05) is 30.5 Å². The number of para-hydroxylation sites is 2. The Labute approximate surface area is 177 Å². The lowest BCUT2D eigenvalue weighted by Gasteiger charge is -2.26. The number of aliphatic hydroxyl groups excluding tert-OH is 1. The van der Waals surface area contributed by atoms with Crippen molar-refractivity contribution in [1.82, 2.24) is 14.9 Å². The van der Waals surface area contributed by atoms with E-state index in [1.54, 1.807) is 30.3 Å². The highest BCUT2D eigenvalue weighted by molar-refractivity contribution is 7.98. The third-order valence-corrected chi connectivity index (χ3v) is 5.69. The van der Waals surface area contributed by atoms with E-state index in [9.17, 15) is 20.0 Å². The molecule has 0 spiro atoms. The number of benzene rings is 2. The minimum absolute atomic E-state index is 0.0890. The summed E-state index contributed by atoms with van der Waals surface area (Å²) in [7, 11) is 0. The molecular weight excluding hydrogens is 400 g/mol. The molecule has 2 N–H and O–H groups in total. The zero-order valence-electron chi connectivity index (χ0n) is 16.1. The number of amides is 2. The first-order valence-electron chi connectivity index (χ1n) is 9.31. The number of H-pyrrole nitrogens is 1. The van der Waals surface area contributed by atoms with Gasteiger partial charge in [-0.15, -0.1) is 0 Å². The lowest BCUT2D eigenvalue weighted by molar-refractivity contribution is 0.0573. The van der Waals surface area contributed by atoms with Crippen LogP contribution < -0.4 is 0 Å². The predicted octanol–water partition coefficient (Wildman–Crippen LogP) is 3.77. The monoisotopic (exact) mass is 418 g/mol. The van der Waals surface area contributed by atoms with Crippen LogP contribution in [-0.4, -0.2) is 49.8 Å². The van der Waals surface area contributed by atoms with Gasteiger partial charge in [0.25, 0.3) is 11.8 Å². The number of allylic oxidation sites excluding steroid dienone is 1. The van der Waals surface area contributed by atoms with Gasteiger partial charge in [0.05, 0.1) is 28.2 Å². The number of nitrogens with one attached hydrogen (secondary N) is 1. The molecule has 1 aliphatic rings. The lowest BCUT2D eigenvalue weighted by atomic mass is 10.1. The number of carbonyl (C=O) groups is 2. The number of thioether (sulfide) groups is 1. The van der Waals surface area contributed by atoms with Crippen LogP contribution in [0.15, 0.2) is 54.3 Å². The smallest absolute Gasteiger partial charge is 0.262 e. The van der Waals surface area contributed by atoms with Gasteiger partial charge in [-0.3, -0.25) is 14.5 Å². The van der Waals surface area contributed by atoms with Crippen LogP contribution in [0.3, 0.4) is 0 Å². The fourth-order valence-electron chi connectivity index (χ4n) is 3.58. The number of aliphatic hydroxyl groups is 1. The molecule has 0 saturated carbocycles. The van der Waals surface area contributed by atoms with Crippen molar-refractivity contribution in [3.05, 3.63) is 71.2 Å². The van der Waals surface area contributed by atoms with E-state index in [0.29, 0.717) is 28.8 Å². The highest BCUT2D eigenvalue weighted by Crippen LogP contribution is 2.31. The standard InChI is InChI=1S/C22H18N4O3S/c1-30-11-10-18(26-21(28)13-6-2-3-7-14(13)22(26)29)19(27)15(12-23)20-24-16-8-4-5-9-17(16)25-20/h2-9,18,27H,10-11H2,1H3,(H,24,25)/b19-15+. The Balaban J connectivity index is 1.80. The number of hydrogen-bond donors (Lipinski definition) is 2. The fourth-order valence-corrected chi connectivity index (χ4v) is 4.04. The highest BCUT2D eigenvalue weighted by atomic mass is 32.2. The molecule has 2 heterocycles. The van der Waals surface area contributed by atoms with Crippen LogP contribution in [-0.2, 0) is 0 Å². The van der Waals surface area contributed by atoms with Crippen molar-refractivity contribution >= 4 is 40.2 Å². The number of hydrogen-bond acceptors (Lipinski definition) is 6. The topological polar surface area (TPSA) is 110 Å². The van der Waals surface area contributed by atoms with Gasteiger partial charge in [-0.25, -0.2) is 4.98 Å². The maximum absolute atomic E-state index is 13.0. The molecule has 1 atom stereocenters. The van der Waals surface area contributed by atoms with E-state index in [0.717, 1.165) is 10.4 Å². The molecule has 0 saturated heterocycles. The van der Waals surface area contributed by atoms with Crippen molar-refractivity contribution in [3.8, 4) is 6.07 Å². The maximum atomic E-state index is 13.0. The minimum Gasteiger partial charge on any atom is -0.509 e. The van der Waals surface area contributed by atoms with E-state index < -0.39 is 17.9 Å². The Morgan fingerprint density at radius 1 is 1.17 bits per heavy atom. The van der Waals surface area contributed by atoms with Crippen molar-refractivity contribution in [3.63, 3.8) is 0 Å². The second-order valence-electron chi connectivity index (χ2n) is 6.80. The molecule has 1 aromatic heterocycles. The summed E-state index contributed by atoms with van der Waals surface area (Å²) in [4.78, 5) is 34.4. The summed E-state index contributed by atoms with van der Waals surface area (Å²) in [6.45, 7) is 0. The van der Waals surface area contributed by atoms with Crippen LogP contribution in [0.5, 0.6) is 0 Å². The predicted molar refractivity (Wildman–Crippen MR) is 115 cm³/mol. The van der Waals surface area contributed by atoms with E-state index in [1.165, 1.54) is 11.8 Å². The molecule has 7 nitrogen and oxygen atoms in total. The van der Waals surface area contributed by atoms with Crippen LogP contribution in [0.25, 0.3) is 16.6 Å². The zero-order valence-corrected chi connectivity index (χ0v) is 16.9. The van der Waals surface area contributed by atoms with Gasteiger partial charge in [0.15, 0.2) is 5.82 Å². The number of imidazole rings is 1. The third kappa shape index (κ3) is 3.23. The number of carbonyl (C=O) groups excluding carboxylic acids is 2. The van der Waals surface area contributed by atoms with Crippen molar-refractivity contribution in [2.75, 3.05) is 12.0 Å². The molecule has 0 fully saturated rings. The molecule has 30 heavy (non-hydrogen) atoms. The molecule has 2 aromatic carbocycles. The van der Waals surface area contributed by atoms with Crippen LogP contribution in [0.1, 0.15) is 33.0 Å². The molecule has 2 amide bonds. The van der Waals surface area contributed by atoms with Crippen molar-refractivity contribution < 1.29 is 14.7 Å². The van der Waals surface area contributed by atoms with Gasteiger partial charge in [0, 0.05) is 0 Å². The van der Waals surface area contributed by atoms with Crippen LogP contribution in [0, 0.1) is 11.3 Å². The normalized spacial score (nSPS) is 15.1. The van der Waals surface area contributed by atoms with Gasteiger partial charge in [0.2, 0.25) is 0 Å². The molecule has 0 bridgehead atoms. The Hall–Kier alpha value is -3.57. The van der Waals surface area contributed by atoms with E-state index in [4.69, 9.17) is 0 Å². The van der Waals surface area contributed by atoms with E-state index >= 15 is 0 Å². The lowest BCUT2D eigenvalue weighted by Crippen LogP contribution is -2.42. The second kappa shape index (κ2) is 8.05. The quantitative estimate of drug-likeness (QED) is 0.358. The molecule has 8 heteroatoms. The van der Waals surface area contributed by atoms with Crippen molar-refractivity contribution in [2.45, 2.75) is 12.5 Å². The average Bonchev–Trinajstić information content (AvgIpc) is 3.29. The summed E-state index contributed by atoms with van der Waals surface area (Å²) in [5.41, 5.74) is 1.87. The molecule has 3 aromatic rings.